The van der Waals surface area contributed by atoms with Gasteiger partial charge in [-0.2, -0.15) is 0 Å². The van der Waals surface area contributed by atoms with E-state index in [2.05, 4.69) is 9.98 Å². The fourth-order valence-corrected chi connectivity index (χ4v) is 1.58. The van der Waals surface area contributed by atoms with Crippen LogP contribution in [0.25, 0.3) is 0 Å². The van der Waals surface area contributed by atoms with E-state index in [0.717, 1.165) is 0 Å². The van der Waals surface area contributed by atoms with Crippen LogP contribution in [0.1, 0.15) is 0 Å². The van der Waals surface area contributed by atoms with Gasteiger partial charge in [-0.15, -0.1) is 0 Å². The molecule has 0 bridgehead atoms. The summed E-state index contributed by atoms with van der Waals surface area (Å²) in [4.78, 5) is 7.63. The summed E-state index contributed by atoms with van der Waals surface area (Å²) >= 11 is 11.3. The number of nitrogens with two attached hydrogens (primary N) is 4. The molecular weight excluding hydrogens is 323 g/mol. The Hall–Kier alpha value is -2.44. The van der Waals surface area contributed by atoms with Crippen LogP contribution >= 0.6 is 23.2 Å². The highest BCUT2D eigenvalue weighted by atomic mass is 35.5. The Morgan fingerprint density at radius 3 is 1.09 bits per heavy atom. The van der Waals surface area contributed by atoms with Gasteiger partial charge in [-0.05, 0) is 48.5 Å². The van der Waals surface area contributed by atoms with Crippen molar-refractivity contribution in [1.82, 2.24) is 0 Å². The summed E-state index contributed by atoms with van der Waals surface area (Å²) in [6.45, 7) is 0. The Bertz CT molecular complexity index is 583. The van der Waals surface area contributed by atoms with E-state index in [9.17, 15) is 0 Å². The molecule has 2 aromatic rings. The average molecular weight is 339 g/mol. The summed E-state index contributed by atoms with van der Waals surface area (Å²) in [5, 5.41) is 1.33. The van der Waals surface area contributed by atoms with Crippen molar-refractivity contribution >= 4 is 46.5 Å². The molecule has 0 saturated heterocycles. The monoisotopic (exact) mass is 338 g/mol. The van der Waals surface area contributed by atoms with Crippen molar-refractivity contribution in [3.05, 3.63) is 58.6 Å². The predicted octanol–water partition coefficient (Wildman–Crippen LogP) is 2.49. The third kappa shape index (κ3) is 7.37. The number of aliphatic imine (C=N–C) groups is 2. The number of hydrogen-bond donors (Lipinski definition) is 4. The fourth-order valence-electron chi connectivity index (χ4n) is 1.33. The molecule has 8 heteroatoms. The lowest BCUT2D eigenvalue weighted by Gasteiger charge is -1.93. The van der Waals surface area contributed by atoms with E-state index < -0.39 is 0 Å². The second kappa shape index (κ2) is 8.76. The van der Waals surface area contributed by atoms with Crippen molar-refractivity contribution in [3.63, 3.8) is 0 Å². The molecule has 0 radical (unpaired) electrons. The molecule has 0 spiro atoms. The first-order valence-corrected chi connectivity index (χ1v) is 6.83. The van der Waals surface area contributed by atoms with Gasteiger partial charge in [0.2, 0.25) is 0 Å². The first kappa shape index (κ1) is 17.6. The molecule has 2 rings (SSSR count). The minimum atomic E-state index is 0.0484. The largest absolute Gasteiger partial charge is 0.370 e. The molecule has 0 aliphatic heterocycles. The maximum atomic E-state index is 5.64. The third-order valence-electron chi connectivity index (χ3n) is 2.17. The number of benzene rings is 2. The van der Waals surface area contributed by atoms with Crippen LogP contribution in [-0.2, 0) is 0 Å². The van der Waals surface area contributed by atoms with Gasteiger partial charge in [0, 0.05) is 10.0 Å². The maximum Gasteiger partial charge on any atom is 0.191 e. The van der Waals surface area contributed by atoms with Gasteiger partial charge in [-0.1, -0.05) is 23.2 Å². The molecule has 0 fully saturated rings. The molecular formula is C14H16Cl2N6. The minimum absolute atomic E-state index is 0.0484. The highest BCUT2D eigenvalue weighted by molar-refractivity contribution is 6.30. The lowest BCUT2D eigenvalue weighted by Crippen LogP contribution is -2.21. The zero-order valence-corrected chi connectivity index (χ0v) is 13.1. The molecule has 0 heterocycles. The van der Waals surface area contributed by atoms with Gasteiger partial charge in [0.05, 0.1) is 11.4 Å². The van der Waals surface area contributed by atoms with Gasteiger partial charge in [0.15, 0.2) is 11.9 Å². The molecule has 0 unspecified atom stereocenters. The molecule has 0 atom stereocenters. The van der Waals surface area contributed by atoms with Crippen LogP contribution in [0, 0.1) is 0 Å². The van der Waals surface area contributed by atoms with E-state index in [-0.39, 0.29) is 11.9 Å². The van der Waals surface area contributed by atoms with Gasteiger partial charge >= 0.3 is 0 Å². The van der Waals surface area contributed by atoms with Crippen molar-refractivity contribution in [2.45, 2.75) is 0 Å². The van der Waals surface area contributed by atoms with E-state index in [0.29, 0.717) is 21.4 Å². The smallest absolute Gasteiger partial charge is 0.191 e. The quantitative estimate of drug-likeness (QED) is 0.495. The predicted molar refractivity (Wildman–Crippen MR) is 93.8 cm³/mol. The number of halogens is 2. The van der Waals surface area contributed by atoms with E-state index >= 15 is 0 Å². The first-order chi connectivity index (χ1) is 10.4. The van der Waals surface area contributed by atoms with Crippen molar-refractivity contribution in [2.75, 3.05) is 0 Å². The molecule has 0 saturated carbocycles. The molecule has 0 aliphatic carbocycles. The first-order valence-electron chi connectivity index (χ1n) is 6.07. The van der Waals surface area contributed by atoms with Crippen LogP contribution in [0.4, 0.5) is 11.4 Å². The number of rotatable bonds is 2. The molecule has 116 valence electrons. The summed E-state index contributed by atoms with van der Waals surface area (Å²) in [5.74, 6) is 0.0969. The van der Waals surface area contributed by atoms with Crippen LogP contribution in [-0.4, -0.2) is 11.9 Å². The van der Waals surface area contributed by atoms with Crippen molar-refractivity contribution in [1.29, 1.82) is 0 Å². The van der Waals surface area contributed by atoms with Crippen molar-refractivity contribution < 1.29 is 0 Å². The average Bonchev–Trinajstić information content (AvgIpc) is 2.44. The van der Waals surface area contributed by atoms with Crippen LogP contribution < -0.4 is 22.9 Å². The summed E-state index contributed by atoms with van der Waals surface area (Å²) in [6.07, 6.45) is 0. The number of guanidine groups is 2. The maximum absolute atomic E-state index is 5.64. The van der Waals surface area contributed by atoms with E-state index in [1.807, 2.05) is 0 Å². The molecule has 0 aromatic heterocycles. The molecule has 6 nitrogen and oxygen atoms in total. The number of nitrogens with zero attached hydrogens (tertiary/aromatic N) is 2. The molecule has 22 heavy (non-hydrogen) atoms. The number of hydrogen-bond acceptors (Lipinski definition) is 2. The summed E-state index contributed by atoms with van der Waals surface area (Å²) in [6, 6.07) is 13.9. The van der Waals surface area contributed by atoms with Crippen molar-refractivity contribution in [2.24, 2.45) is 32.9 Å². The van der Waals surface area contributed by atoms with Crippen LogP contribution in [0.3, 0.4) is 0 Å². The van der Waals surface area contributed by atoms with Gasteiger partial charge in [-0.25, -0.2) is 9.98 Å². The topological polar surface area (TPSA) is 129 Å². The summed E-state index contributed by atoms with van der Waals surface area (Å²) in [5.41, 5.74) is 22.0. The molecule has 2 aromatic carbocycles. The normalized spacial score (nSPS) is 9.18. The van der Waals surface area contributed by atoms with Crippen molar-refractivity contribution in [3.8, 4) is 0 Å². The highest BCUT2D eigenvalue weighted by Crippen LogP contribution is 2.16. The Balaban J connectivity index is 0.000000220. The SMILES string of the molecule is NC(N)=Nc1ccc(Cl)cc1.NC(N)=Nc1ccc(Cl)cc1. The van der Waals surface area contributed by atoms with Crippen LogP contribution in [0.15, 0.2) is 58.5 Å². The summed E-state index contributed by atoms with van der Waals surface area (Å²) < 4.78 is 0. The Morgan fingerprint density at radius 2 is 0.864 bits per heavy atom. The van der Waals surface area contributed by atoms with Gasteiger partial charge in [0.1, 0.15) is 0 Å². The second-order valence-corrected chi connectivity index (χ2v) is 4.90. The minimum Gasteiger partial charge on any atom is -0.370 e. The third-order valence-corrected chi connectivity index (χ3v) is 2.67. The zero-order chi connectivity index (χ0) is 16.5. The Kier molecular flexibility index (Phi) is 7.01. The van der Waals surface area contributed by atoms with Gasteiger partial charge in [-0.3, -0.25) is 0 Å². The molecule has 0 amide bonds. The molecule has 0 aliphatic rings. The van der Waals surface area contributed by atoms with Gasteiger partial charge < -0.3 is 22.9 Å². The second-order valence-electron chi connectivity index (χ2n) is 4.03. The lowest BCUT2D eigenvalue weighted by atomic mass is 10.3. The standard InChI is InChI=1S/2C7H8ClN3/c2*8-5-1-3-6(4-2-5)11-7(9)10/h2*1-4H,(H4,9,10,11). The summed E-state index contributed by atoms with van der Waals surface area (Å²) in [7, 11) is 0. The van der Waals surface area contributed by atoms with E-state index in [1.165, 1.54) is 0 Å². The van der Waals surface area contributed by atoms with Crippen LogP contribution in [0.2, 0.25) is 10.0 Å². The fraction of sp³-hybridized carbons (Fsp3) is 0. The van der Waals surface area contributed by atoms with E-state index in [1.54, 1.807) is 48.5 Å². The van der Waals surface area contributed by atoms with E-state index in [4.69, 9.17) is 46.1 Å². The Morgan fingerprint density at radius 1 is 0.591 bits per heavy atom. The molecule has 8 N–H and O–H groups in total. The Labute approximate surface area is 138 Å². The lowest BCUT2D eigenvalue weighted by molar-refractivity contribution is 1.42. The van der Waals surface area contributed by atoms with Crippen LogP contribution in [0.5, 0.6) is 0 Å². The van der Waals surface area contributed by atoms with Gasteiger partial charge in [0.25, 0.3) is 0 Å². The zero-order valence-electron chi connectivity index (χ0n) is 11.6. The highest BCUT2D eigenvalue weighted by Gasteiger charge is 1.89.